The van der Waals surface area contributed by atoms with Crippen molar-refractivity contribution in [2.24, 2.45) is 0 Å². The number of nitrogens with one attached hydrogen (secondary N) is 1. The van der Waals surface area contributed by atoms with Crippen LogP contribution in [0.3, 0.4) is 0 Å². The van der Waals surface area contributed by atoms with Gasteiger partial charge in [0.05, 0.1) is 5.25 Å². The number of nitrogens with zero attached hydrogens (tertiary/aromatic N) is 2. The SMILES string of the molecule is Cc1cccc(-n2ccnc2SC(C)C(=O)Nc2c(F)cccc2F)c1. The van der Waals surface area contributed by atoms with Crippen LogP contribution in [0.5, 0.6) is 0 Å². The zero-order valence-corrected chi connectivity index (χ0v) is 15.1. The van der Waals surface area contributed by atoms with Crippen LogP contribution in [0.25, 0.3) is 5.69 Å². The van der Waals surface area contributed by atoms with Crippen molar-refractivity contribution in [3.05, 3.63) is 72.1 Å². The van der Waals surface area contributed by atoms with Gasteiger partial charge in [-0.15, -0.1) is 0 Å². The van der Waals surface area contributed by atoms with Crippen molar-refractivity contribution in [2.75, 3.05) is 5.32 Å². The Morgan fingerprint density at radius 2 is 1.88 bits per heavy atom. The summed E-state index contributed by atoms with van der Waals surface area (Å²) in [6, 6.07) is 11.3. The Morgan fingerprint density at radius 3 is 2.58 bits per heavy atom. The van der Waals surface area contributed by atoms with Crippen molar-refractivity contribution in [1.29, 1.82) is 0 Å². The minimum Gasteiger partial charge on any atom is -0.320 e. The zero-order chi connectivity index (χ0) is 18.7. The van der Waals surface area contributed by atoms with E-state index in [4.69, 9.17) is 0 Å². The maximum absolute atomic E-state index is 13.7. The Labute approximate surface area is 154 Å². The third-order valence-electron chi connectivity index (χ3n) is 3.75. The predicted octanol–water partition coefficient (Wildman–Crippen LogP) is 4.58. The van der Waals surface area contributed by atoms with E-state index in [1.54, 1.807) is 19.3 Å². The molecule has 0 aliphatic heterocycles. The molecule has 134 valence electrons. The summed E-state index contributed by atoms with van der Waals surface area (Å²) >= 11 is 1.21. The lowest BCUT2D eigenvalue weighted by Crippen LogP contribution is -2.24. The lowest BCUT2D eigenvalue weighted by atomic mass is 10.2. The summed E-state index contributed by atoms with van der Waals surface area (Å²) in [5.41, 5.74) is 1.60. The molecule has 26 heavy (non-hydrogen) atoms. The summed E-state index contributed by atoms with van der Waals surface area (Å²) in [5, 5.41) is 2.33. The van der Waals surface area contributed by atoms with Gasteiger partial charge >= 0.3 is 0 Å². The molecule has 2 aromatic carbocycles. The first-order valence-corrected chi connectivity index (χ1v) is 8.85. The molecule has 3 aromatic rings. The number of hydrogen-bond acceptors (Lipinski definition) is 3. The third-order valence-corrected chi connectivity index (χ3v) is 4.83. The van der Waals surface area contributed by atoms with Crippen molar-refractivity contribution in [3.8, 4) is 5.69 Å². The van der Waals surface area contributed by atoms with E-state index in [0.29, 0.717) is 5.16 Å². The molecule has 4 nitrogen and oxygen atoms in total. The quantitative estimate of drug-likeness (QED) is 0.666. The first-order valence-electron chi connectivity index (χ1n) is 7.97. The Hall–Kier alpha value is -2.67. The van der Waals surface area contributed by atoms with Crippen LogP contribution in [0.15, 0.2) is 60.0 Å². The van der Waals surface area contributed by atoms with Crippen molar-refractivity contribution in [1.82, 2.24) is 9.55 Å². The van der Waals surface area contributed by atoms with Gasteiger partial charge in [0.2, 0.25) is 5.91 Å². The highest BCUT2D eigenvalue weighted by molar-refractivity contribution is 8.00. The number of aromatic nitrogens is 2. The van der Waals surface area contributed by atoms with Crippen LogP contribution < -0.4 is 5.32 Å². The van der Waals surface area contributed by atoms with Gasteiger partial charge in [-0.1, -0.05) is 30.0 Å². The predicted molar refractivity (Wildman–Crippen MR) is 98.6 cm³/mol. The molecule has 3 rings (SSSR count). The van der Waals surface area contributed by atoms with Gasteiger partial charge in [0.1, 0.15) is 17.3 Å². The highest BCUT2D eigenvalue weighted by atomic mass is 32.2. The van der Waals surface area contributed by atoms with E-state index in [2.05, 4.69) is 10.3 Å². The third kappa shape index (κ3) is 3.94. The maximum atomic E-state index is 13.7. The molecule has 1 unspecified atom stereocenters. The molecule has 1 aromatic heterocycles. The van der Waals surface area contributed by atoms with Crippen LogP contribution in [0.4, 0.5) is 14.5 Å². The minimum atomic E-state index is -0.809. The number of amides is 1. The van der Waals surface area contributed by atoms with Gasteiger partial charge in [-0.05, 0) is 43.7 Å². The molecule has 1 heterocycles. The Bertz CT molecular complexity index is 922. The van der Waals surface area contributed by atoms with E-state index < -0.39 is 28.5 Å². The minimum absolute atomic E-state index is 0.438. The van der Waals surface area contributed by atoms with E-state index in [0.717, 1.165) is 23.4 Å². The summed E-state index contributed by atoms with van der Waals surface area (Å²) in [6.07, 6.45) is 3.45. The van der Waals surface area contributed by atoms with Crippen LogP contribution in [-0.2, 0) is 4.79 Å². The van der Waals surface area contributed by atoms with Crippen LogP contribution >= 0.6 is 11.8 Å². The van der Waals surface area contributed by atoms with Crippen LogP contribution in [0.2, 0.25) is 0 Å². The van der Waals surface area contributed by atoms with Crippen LogP contribution in [-0.4, -0.2) is 20.7 Å². The molecular formula is C19H17F2N3OS. The number of thioether (sulfide) groups is 1. The number of carbonyl (C=O) groups excluding carboxylic acids is 1. The molecule has 0 spiro atoms. The molecule has 7 heteroatoms. The average molecular weight is 373 g/mol. The molecule has 0 saturated heterocycles. The van der Waals surface area contributed by atoms with Gasteiger partial charge < -0.3 is 5.32 Å². The van der Waals surface area contributed by atoms with Gasteiger partial charge in [0.15, 0.2) is 5.16 Å². The van der Waals surface area contributed by atoms with Crippen LogP contribution in [0.1, 0.15) is 12.5 Å². The first-order chi connectivity index (χ1) is 12.5. The molecule has 1 amide bonds. The second-order valence-electron chi connectivity index (χ2n) is 5.76. The summed E-state index contributed by atoms with van der Waals surface area (Å²) in [7, 11) is 0. The standard InChI is InChI=1S/C19H17F2N3OS/c1-12-5-3-6-14(11-12)24-10-9-22-19(24)26-13(2)18(25)23-17-15(20)7-4-8-16(17)21/h3-11,13H,1-2H3,(H,23,25). The van der Waals surface area contributed by atoms with Crippen molar-refractivity contribution < 1.29 is 13.6 Å². The van der Waals surface area contributed by atoms with Gasteiger partial charge in [-0.25, -0.2) is 13.8 Å². The summed E-state index contributed by atoms with van der Waals surface area (Å²) < 4.78 is 29.3. The molecular weight excluding hydrogens is 356 g/mol. The molecule has 0 fully saturated rings. The lowest BCUT2D eigenvalue weighted by molar-refractivity contribution is -0.115. The van der Waals surface area contributed by atoms with E-state index in [9.17, 15) is 13.6 Å². The van der Waals surface area contributed by atoms with Gasteiger partial charge in [0.25, 0.3) is 0 Å². The summed E-state index contributed by atoms with van der Waals surface area (Å²) in [6.45, 7) is 3.65. The molecule has 1 atom stereocenters. The van der Waals surface area contributed by atoms with Gasteiger partial charge in [-0.3, -0.25) is 9.36 Å². The van der Waals surface area contributed by atoms with Gasteiger partial charge in [0, 0.05) is 18.1 Å². The Morgan fingerprint density at radius 1 is 1.19 bits per heavy atom. The molecule has 0 saturated carbocycles. The Kier molecular flexibility index (Phi) is 5.37. The highest BCUT2D eigenvalue weighted by Crippen LogP contribution is 2.26. The number of imidazole rings is 1. The van der Waals surface area contributed by atoms with E-state index in [-0.39, 0.29) is 0 Å². The molecule has 0 radical (unpaired) electrons. The molecule has 0 aliphatic carbocycles. The highest BCUT2D eigenvalue weighted by Gasteiger charge is 2.20. The van der Waals surface area contributed by atoms with Crippen molar-refractivity contribution in [2.45, 2.75) is 24.3 Å². The van der Waals surface area contributed by atoms with Crippen molar-refractivity contribution >= 4 is 23.4 Å². The number of halogens is 2. The second-order valence-corrected chi connectivity index (χ2v) is 7.07. The number of para-hydroxylation sites is 1. The number of anilines is 1. The lowest BCUT2D eigenvalue weighted by Gasteiger charge is -2.14. The monoisotopic (exact) mass is 373 g/mol. The summed E-state index contributed by atoms with van der Waals surface area (Å²) in [4.78, 5) is 16.6. The molecule has 1 N–H and O–H groups in total. The first kappa shape index (κ1) is 18.1. The summed E-state index contributed by atoms with van der Waals surface area (Å²) in [5.74, 6) is -2.12. The fourth-order valence-electron chi connectivity index (χ4n) is 2.40. The largest absolute Gasteiger partial charge is 0.320 e. The van der Waals surface area contributed by atoms with E-state index in [1.807, 2.05) is 35.8 Å². The Balaban J connectivity index is 1.76. The fourth-order valence-corrected chi connectivity index (χ4v) is 3.29. The van der Waals surface area contributed by atoms with E-state index >= 15 is 0 Å². The zero-order valence-electron chi connectivity index (χ0n) is 14.2. The van der Waals surface area contributed by atoms with Gasteiger partial charge in [-0.2, -0.15) is 0 Å². The normalized spacial score (nSPS) is 12.0. The topological polar surface area (TPSA) is 46.9 Å². The molecule has 0 bridgehead atoms. The van der Waals surface area contributed by atoms with Crippen LogP contribution in [0, 0.1) is 18.6 Å². The van der Waals surface area contributed by atoms with Crippen molar-refractivity contribution in [3.63, 3.8) is 0 Å². The second kappa shape index (κ2) is 7.70. The maximum Gasteiger partial charge on any atom is 0.237 e. The fraction of sp³-hybridized carbons (Fsp3) is 0.158. The average Bonchev–Trinajstić information content (AvgIpc) is 3.06. The molecule has 0 aliphatic rings. The number of rotatable bonds is 5. The number of aryl methyl sites for hydroxylation is 1. The smallest absolute Gasteiger partial charge is 0.237 e. The number of hydrogen-bond donors (Lipinski definition) is 1. The number of carbonyl (C=O) groups is 1. The number of benzene rings is 2. The van der Waals surface area contributed by atoms with E-state index in [1.165, 1.54) is 17.8 Å².